The Bertz CT molecular complexity index is 308. The number of hydrogen-bond acceptors (Lipinski definition) is 0. The summed E-state index contributed by atoms with van der Waals surface area (Å²) in [7, 11) is 0. The van der Waals surface area contributed by atoms with Gasteiger partial charge in [0.2, 0.25) is 0 Å². The summed E-state index contributed by atoms with van der Waals surface area (Å²) >= 11 is 0. The molecule has 0 saturated heterocycles. The fourth-order valence-electron chi connectivity index (χ4n) is 1.77. The molecule has 1 aromatic carbocycles. The second kappa shape index (κ2) is 3.14. The van der Waals surface area contributed by atoms with E-state index in [2.05, 4.69) is 37.3 Å². The molecule has 0 nitrogen and oxygen atoms in total. The van der Waals surface area contributed by atoms with Crippen molar-refractivity contribution in [1.29, 1.82) is 0 Å². The van der Waals surface area contributed by atoms with Crippen molar-refractivity contribution in [3.63, 3.8) is 0 Å². The number of allylic oxidation sites excluding steroid dienone is 2. The molecular weight excluding hydrogens is 144 g/mol. The van der Waals surface area contributed by atoms with Crippen LogP contribution in [0, 0.1) is 0 Å². The van der Waals surface area contributed by atoms with Crippen molar-refractivity contribution >= 4 is 0 Å². The molecule has 1 aromatic rings. The summed E-state index contributed by atoms with van der Waals surface area (Å²) in [5.41, 5.74) is 4.63. The maximum atomic E-state index is 2.38. The molecule has 0 unspecified atom stereocenters. The van der Waals surface area contributed by atoms with E-state index in [0.29, 0.717) is 0 Å². The maximum Gasteiger partial charge on any atom is -0.00643 e. The molecule has 0 bridgehead atoms. The fraction of sp³-hybridized carbons (Fsp3) is 0.333. The van der Waals surface area contributed by atoms with Crippen molar-refractivity contribution in [3.8, 4) is 0 Å². The normalized spacial score (nSPS) is 15.2. The SMILES string of the molecule is CCC1=CCc2ccccc2C1. The molecule has 0 heteroatoms. The third-order valence-corrected chi connectivity index (χ3v) is 2.60. The third-order valence-electron chi connectivity index (χ3n) is 2.60. The molecule has 0 fully saturated rings. The average Bonchev–Trinajstić information content (AvgIpc) is 2.17. The van der Waals surface area contributed by atoms with Gasteiger partial charge in [0.25, 0.3) is 0 Å². The Balaban J connectivity index is 2.31. The Hall–Kier alpha value is -1.04. The molecule has 0 saturated carbocycles. The van der Waals surface area contributed by atoms with Crippen LogP contribution in [-0.2, 0) is 12.8 Å². The van der Waals surface area contributed by atoms with Crippen molar-refractivity contribution in [2.45, 2.75) is 26.2 Å². The van der Waals surface area contributed by atoms with Gasteiger partial charge < -0.3 is 0 Å². The quantitative estimate of drug-likeness (QED) is 0.551. The van der Waals surface area contributed by atoms with Crippen LogP contribution < -0.4 is 0 Å². The molecule has 1 aliphatic carbocycles. The molecule has 0 aliphatic heterocycles. The lowest BCUT2D eigenvalue weighted by Gasteiger charge is -2.15. The molecule has 2 rings (SSSR count). The molecule has 0 heterocycles. The topological polar surface area (TPSA) is 0 Å². The Kier molecular flexibility index (Phi) is 1.99. The first-order valence-corrected chi connectivity index (χ1v) is 4.65. The van der Waals surface area contributed by atoms with Crippen molar-refractivity contribution < 1.29 is 0 Å². The van der Waals surface area contributed by atoms with Gasteiger partial charge in [-0.1, -0.05) is 42.8 Å². The van der Waals surface area contributed by atoms with Gasteiger partial charge in [-0.2, -0.15) is 0 Å². The average molecular weight is 158 g/mol. The Morgan fingerprint density at radius 1 is 1.17 bits per heavy atom. The van der Waals surface area contributed by atoms with Gasteiger partial charge >= 0.3 is 0 Å². The van der Waals surface area contributed by atoms with Crippen LogP contribution in [0.1, 0.15) is 24.5 Å². The lowest BCUT2D eigenvalue weighted by molar-refractivity contribution is 0.938. The van der Waals surface area contributed by atoms with E-state index < -0.39 is 0 Å². The van der Waals surface area contributed by atoms with Crippen molar-refractivity contribution in [2.24, 2.45) is 0 Å². The highest BCUT2D eigenvalue weighted by Crippen LogP contribution is 2.21. The third kappa shape index (κ3) is 1.29. The number of benzene rings is 1. The zero-order chi connectivity index (χ0) is 8.39. The predicted molar refractivity (Wildman–Crippen MR) is 52.2 cm³/mol. The van der Waals surface area contributed by atoms with Gasteiger partial charge in [-0.05, 0) is 30.4 Å². The summed E-state index contributed by atoms with van der Waals surface area (Å²) in [6.45, 7) is 2.24. The van der Waals surface area contributed by atoms with Crippen LogP contribution in [0.5, 0.6) is 0 Å². The van der Waals surface area contributed by atoms with Crippen LogP contribution in [-0.4, -0.2) is 0 Å². The minimum atomic E-state index is 1.14. The number of fused-ring (bicyclic) bond motifs is 1. The van der Waals surface area contributed by atoms with Gasteiger partial charge in [0.15, 0.2) is 0 Å². The fourth-order valence-corrected chi connectivity index (χ4v) is 1.77. The highest BCUT2D eigenvalue weighted by molar-refractivity contribution is 5.36. The number of hydrogen-bond donors (Lipinski definition) is 0. The van der Waals surface area contributed by atoms with E-state index in [1.807, 2.05) is 0 Å². The summed E-state index contributed by atoms with van der Waals surface area (Å²) < 4.78 is 0. The summed E-state index contributed by atoms with van der Waals surface area (Å²) in [6, 6.07) is 8.75. The van der Waals surface area contributed by atoms with Gasteiger partial charge in [0.05, 0.1) is 0 Å². The molecule has 0 atom stereocenters. The zero-order valence-electron chi connectivity index (χ0n) is 7.51. The van der Waals surface area contributed by atoms with E-state index in [0.717, 1.165) is 6.42 Å². The first-order chi connectivity index (χ1) is 5.90. The molecular formula is C12H14. The standard InChI is InChI=1S/C12H14/c1-2-10-7-8-11-5-3-4-6-12(11)9-10/h3-7H,2,8-9H2,1H3. The molecule has 0 aromatic heterocycles. The van der Waals surface area contributed by atoms with E-state index in [-0.39, 0.29) is 0 Å². The van der Waals surface area contributed by atoms with Crippen LogP contribution in [0.3, 0.4) is 0 Å². The number of rotatable bonds is 1. The molecule has 12 heavy (non-hydrogen) atoms. The van der Waals surface area contributed by atoms with Gasteiger partial charge in [-0.25, -0.2) is 0 Å². The lowest BCUT2D eigenvalue weighted by Crippen LogP contribution is -2.01. The van der Waals surface area contributed by atoms with Crippen molar-refractivity contribution in [2.75, 3.05) is 0 Å². The summed E-state index contributed by atoms with van der Waals surface area (Å²) in [5, 5.41) is 0. The molecule has 0 spiro atoms. The predicted octanol–water partition coefficient (Wildman–Crippen LogP) is 3.12. The van der Waals surface area contributed by atoms with Crippen LogP contribution in [0.4, 0.5) is 0 Å². The van der Waals surface area contributed by atoms with Gasteiger partial charge in [0.1, 0.15) is 0 Å². The smallest absolute Gasteiger partial charge is 0.00643 e. The Labute approximate surface area is 73.9 Å². The van der Waals surface area contributed by atoms with E-state index in [4.69, 9.17) is 0 Å². The first kappa shape index (κ1) is 7.60. The monoisotopic (exact) mass is 158 g/mol. The van der Waals surface area contributed by atoms with Gasteiger partial charge in [0, 0.05) is 0 Å². The van der Waals surface area contributed by atoms with Crippen molar-refractivity contribution in [1.82, 2.24) is 0 Å². The van der Waals surface area contributed by atoms with Crippen LogP contribution in [0.2, 0.25) is 0 Å². The molecule has 0 N–H and O–H groups in total. The largest absolute Gasteiger partial charge is 0.0806 e. The summed E-state index contributed by atoms with van der Waals surface area (Å²) in [5.74, 6) is 0. The molecule has 0 radical (unpaired) electrons. The van der Waals surface area contributed by atoms with Crippen LogP contribution in [0.25, 0.3) is 0 Å². The van der Waals surface area contributed by atoms with Gasteiger partial charge in [-0.3, -0.25) is 0 Å². The first-order valence-electron chi connectivity index (χ1n) is 4.65. The Morgan fingerprint density at radius 2 is 1.92 bits per heavy atom. The highest BCUT2D eigenvalue weighted by Gasteiger charge is 2.07. The van der Waals surface area contributed by atoms with E-state index in [1.165, 1.54) is 24.0 Å². The summed E-state index contributed by atoms with van der Waals surface area (Å²) in [4.78, 5) is 0. The second-order valence-electron chi connectivity index (χ2n) is 3.37. The van der Waals surface area contributed by atoms with E-state index >= 15 is 0 Å². The lowest BCUT2D eigenvalue weighted by atomic mass is 9.91. The Morgan fingerprint density at radius 3 is 2.67 bits per heavy atom. The van der Waals surface area contributed by atoms with Gasteiger partial charge in [-0.15, -0.1) is 0 Å². The minimum absolute atomic E-state index is 1.14. The zero-order valence-corrected chi connectivity index (χ0v) is 7.51. The summed E-state index contributed by atoms with van der Waals surface area (Å²) in [6.07, 6.45) is 5.89. The molecule has 1 aliphatic rings. The van der Waals surface area contributed by atoms with E-state index in [1.54, 1.807) is 5.57 Å². The highest BCUT2D eigenvalue weighted by atomic mass is 14.1. The molecule has 62 valence electrons. The molecule has 0 amide bonds. The maximum absolute atomic E-state index is 2.38. The minimum Gasteiger partial charge on any atom is -0.0806 e. The van der Waals surface area contributed by atoms with Crippen LogP contribution >= 0.6 is 0 Å². The van der Waals surface area contributed by atoms with E-state index in [9.17, 15) is 0 Å². The second-order valence-corrected chi connectivity index (χ2v) is 3.37. The van der Waals surface area contributed by atoms with Crippen LogP contribution in [0.15, 0.2) is 35.9 Å². The van der Waals surface area contributed by atoms with Crippen molar-refractivity contribution in [3.05, 3.63) is 47.0 Å².